The van der Waals surface area contributed by atoms with Crippen LogP contribution in [0.5, 0.6) is 0 Å². The Labute approximate surface area is 127 Å². The number of nitrogens with two attached hydrogens (primary N) is 1. The predicted molar refractivity (Wildman–Crippen MR) is 87.8 cm³/mol. The van der Waals surface area contributed by atoms with E-state index < -0.39 is 0 Å². The molecule has 0 heterocycles. The summed E-state index contributed by atoms with van der Waals surface area (Å²) < 4.78 is 5.06. The molecule has 0 aromatic heterocycles. The van der Waals surface area contributed by atoms with Crippen LogP contribution in [0.4, 0.5) is 11.4 Å². The summed E-state index contributed by atoms with van der Waals surface area (Å²) in [6, 6.07) is 5.88. The Morgan fingerprint density at radius 3 is 2.52 bits per heavy atom. The highest BCUT2D eigenvalue weighted by atomic mass is 16.5. The first-order valence-corrected chi connectivity index (χ1v) is 7.38. The van der Waals surface area contributed by atoms with Crippen LogP contribution in [0, 0.1) is 0 Å². The fourth-order valence-electron chi connectivity index (χ4n) is 2.48. The van der Waals surface area contributed by atoms with E-state index in [1.54, 1.807) is 13.0 Å². The van der Waals surface area contributed by atoms with Gasteiger partial charge in [0.2, 0.25) is 0 Å². The van der Waals surface area contributed by atoms with Gasteiger partial charge in [0.25, 0.3) is 0 Å². The van der Waals surface area contributed by atoms with Crippen molar-refractivity contribution in [3.63, 3.8) is 0 Å². The van der Waals surface area contributed by atoms with Crippen molar-refractivity contribution < 1.29 is 9.53 Å². The number of hydrogen-bond acceptors (Lipinski definition) is 5. The van der Waals surface area contributed by atoms with E-state index in [9.17, 15) is 4.79 Å². The van der Waals surface area contributed by atoms with Crippen LogP contribution in [0.3, 0.4) is 0 Å². The molecule has 1 aromatic rings. The SMILES string of the molecule is CCOC(=O)c1cc(N(CC)C(C)CN(C)C)ccc1N. The van der Waals surface area contributed by atoms with Gasteiger partial charge >= 0.3 is 5.97 Å². The number of carbonyl (C=O) groups excluding carboxylic acids is 1. The van der Waals surface area contributed by atoms with Crippen molar-refractivity contribution >= 4 is 17.3 Å². The molecule has 0 saturated carbocycles. The van der Waals surface area contributed by atoms with E-state index in [1.807, 2.05) is 12.1 Å². The Bertz CT molecular complexity index is 475. The zero-order valence-corrected chi connectivity index (χ0v) is 13.7. The average molecular weight is 293 g/mol. The summed E-state index contributed by atoms with van der Waals surface area (Å²) in [7, 11) is 4.11. The highest BCUT2D eigenvalue weighted by molar-refractivity contribution is 5.96. The topological polar surface area (TPSA) is 58.8 Å². The summed E-state index contributed by atoms with van der Waals surface area (Å²) in [5.41, 5.74) is 7.77. The Morgan fingerprint density at radius 1 is 1.33 bits per heavy atom. The Hall–Kier alpha value is -1.75. The van der Waals surface area contributed by atoms with E-state index in [1.165, 1.54) is 0 Å². The third-order valence-electron chi connectivity index (χ3n) is 3.37. The summed E-state index contributed by atoms with van der Waals surface area (Å²) in [6.07, 6.45) is 0. The third kappa shape index (κ3) is 4.63. The van der Waals surface area contributed by atoms with Crippen molar-refractivity contribution in [3.05, 3.63) is 23.8 Å². The minimum absolute atomic E-state index is 0.337. The molecule has 1 aromatic carbocycles. The van der Waals surface area contributed by atoms with Crippen molar-refractivity contribution in [2.45, 2.75) is 26.8 Å². The number of carbonyl (C=O) groups is 1. The van der Waals surface area contributed by atoms with Gasteiger partial charge in [-0.1, -0.05) is 0 Å². The molecule has 0 fully saturated rings. The van der Waals surface area contributed by atoms with Gasteiger partial charge in [-0.2, -0.15) is 0 Å². The number of likely N-dealkylation sites (N-methyl/N-ethyl adjacent to an activating group) is 2. The van der Waals surface area contributed by atoms with Gasteiger partial charge in [-0.25, -0.2) is 4.79 Å². The van der Waals surface area contributed by atoms with Gasteiger partial charge in [-0.15, -0.1) is 0 Å². The standard InChI is InChI=1S/C16H27N3O2/c1-6-19(12(3)11-18(4)5)13-8-9-15(17)14(10-13)16(20)21-7-2/h8-10,12H,6-7,11,17H2,1-5H3. The molecule has 5 nitrogen and oxygen atoms in total. The van der Waals surface area contributed by atoms with Crippen LogP contribution in [-0.4, -0.2) is 50.7 Å². The summed E-state index contributed by atoms with van der Waals surface area (Å²) in [6.45, 7) is 8.21. The van der Waals surface area contributed by atoms with E-state index >= 15 is 0 Å². The van der Waals surface area contributed by atoms with Crippen LogP contribution in [0.1, 0.15) is 31.1 Å². The molecule has 118 valence electrons. The van der Waals surface area contributed by atoms with E-state index in [0.717, 1.165) is 18.8 Å². The van der Waals surface area contributed by atoms with Crippen LogP contribution in [-0.2, 0) is 4.74 Å². The lowest BCUT2D eigenvalue weighted by Gasteiger charge is -2.32. The van der Waals surface area contributed by atoms with E-state index in [4.69, 9.17) is 10.5 Å². The van der Waals surface area contributed by atoms with E-state index in [-0.39, 0.29) is 5.97 Å². The largest absolute Gasteiger partial charge is 0.462 e. The lowest BCUT2D eigenvalue weighted by atomic mass is 10.1. The quantitative estimate of drug-likeness (QED) is 0.617. The molecule has 0 bridgehead atoms. The van der Waals surface area contributed by atoms with E-state index in [0.29, 0.717) is 23.9 Å². The molecule has 1 unspecified atom stereocenters. The van der Waals surface area contributed by atoms with Gasteiger partial charge in [-0.05, 0) is 53.1 Å². The minimum atomic E-state index is -0.367. The van der Waals surface area contributed by atoms with Crippen LogP contribution < -0.4 is 10.6 Å². The number of rotatable bonds is 7. The van der Waals surface area contributed by atoms with Gasteiger partial charge in [0.05, 0.1) is 12.2 Å². The van der Waals surface area contributed by atoms with Gasteiger partial charge in [0.1, 0.15) is 0 Å². The van der Waals surface area contributed by atoms with E-state index in [2.05, 4.69) is 37.7 Å². The molecule has 0 aliphatic heterocycles. The van der Waals surface area contributed by atoms with Gasteiger partial charge in [-0.3, -0.25) is 0 Å². The first-order chi connectivity index (χ1) is 9.90. The predicted octanol–water partition coefficient (Wildman–Crippen LogP) is 2.22. The highest BCUT2D eigenvalue weighted by Gasteiger charge is 2.17. The van der Waals surface area contributed by atoms with Crippen molar-refractivity contribution in [2.75, 3.05) is 44.4 Å². The monoisotopic (exact) mass is 293 g/mol. The van der Waals surface area contributed by atoms with Crippen LogP contribution in [0.25, 0.3) is 0 Å². The number of anilines is 2. The number of hydrogen-bond donors (Lipinski definition) is 1. The minimum Gasteiger partial charge on any atom is -0.462 e. The molecule has 2 N–H and O–H groups in total. The summed E-state index contributed by atoms with van der Waals surface area (Å²) in [5, 5.41) is 0. The smallest absolute Gasteiger partial charge is 0.340 e. The number of esters is 1. The zero-order chi connectivity index (χ0) is 16.0. The lowest BCUT2D eigenvalue weighted by Crippen LogP contribution is -2.40. The molecule has 0 amide bonds. The number of nitrogens with zero attached hydrogens (tertiary/aromatic N) is 2. The number of ether oxygens (including phenoxy) is 1. The molecule has 21 heavy (non-hydrogen) atoms. The second-order valence-electron chi connectivity index (χ2n) is 5.39. The van der Waals surface area contributed by atoms with Crippen molar-refractivity contribution in [1.82, 2.24) is 4.90 Å². The molecule has 0 aliphatic carbocycles. The third-order valence-corrected chi connectivity index (χ3v) is 3.37. The molecule has 1 rings (SSSR count). The second-order valence-corrected chi connectivity index (χ2v) is 5.39. The fourth-order valence-corrected chi connectivity index (χ4v) is 2.48. The maximum absolute atomic E-state index is 11.9. The molecule has 0 saturated heterocycles. The van der Waals surface area contributed by atoms with Crippen molar-refractivity contribution in [2.24, 2.45) is 0 Å². The number of nitrogen functional groups attached to an aromatic ring is 1. The lowest BCUT2D eigenvalue weighted by molar-refractivity contribution is 0.0527. The summed E-state index contributed by atoms with van der Waals surface area (Å²) >= 11 is 0. The molecular formula is C16H27N3O2. The van der Waals surface area contributed by atoms with Gasteiger partial charge in [0.15, 0.2) is 0 Å². The Balaban J connectivity index is 3.05. The first kappa shape index (κ1) is 17.3. The van der Waals surface area contributed by atoms with Crippen molar-refractivity contribution in [3.8, 4) is 0 Å². The molecule has 1 atom stereocenters. The molecule has 5 heteroatoms. The highest BCUT2D eigenvalue weighted by Crippen LogP contribution is 2.24. The Kier molecular flexibility index (Phi) is 6.49. The summed E-state index contributed by atoms with van der Waals surface area (Å²) in [4.78, 5) is 16.3. The fraction of sp³-hybridized carbons (Fsp3) is 0.562. The average Bonchev–Trinajstić information content (AvgIpc) is 2.40. The molecule has 0 radical (unpaired) electrons. The first-order valence-electron chi connectivity index (χ1n) is 7.38. The molecular weight excluding hydrogens is 266 g/mol. The normalized spacial score (nSPS) is 12.3. The van der Waals surface area contributed by atoms with Crippen LogP contribution in [0.2, 0.25) is 0 Å². The second kappa shape index (κ2) is 7.88. The molecule has 0 spiro atoms. The van der Waals surface area contributed by atoms with Gasteiger partial charge in [0, 0.05) is 30.5 Å². The van der Waals surface area contributed by atoms with Crippen molar-refractivity contribution in [1.29, 1.82) is 0 Å². The summed E-state index contributed by atoms with van der Waals surface area (Å²) in [5.74, 6) is -0.367. The van der Waals surface area contributed by atoms with Crippen LogP contribution >= 0.6 is 0 Å². The zero-order valence-electron chi connectivity index (χ0n) is 13.7. The maximum atomic E-state index is 11.9. The maximum Gasteiger partial charge on any atom is 0.340 e. The van der Waals surface area contributed by atoms with Gasteiger partial charge < -0.3 is 20.3 Å². The Morgan fingerprint density at radius 2 is 2.00 bits per heavy atom. The molecule has 0 aliphatic rings. The van der Waals surface area contributed by atoms with Crippen LogP contribution in [0.15, 0.2) is 18.2 Å². The number of benzene rings is 1.